The topological polar surface area (TPSA) is 58.6 Å². The lowest BCUT2D eigenvalue weighted by molar-refractivity contribution is 1.05. The van der Waals surface area contributed by atoms with E-state index in [1.54, 1.807) is 12.4 Å². The van der Waals surface area contributed by atoms with Crippen LogP contribution in [0.2, 0.25) is 0 Å². The molecule has 16 heavy (non-hydrogen) atoms. The molecular formula is C11H10IN3O. The van der Waals surface area contributed by atoms with Gasteiger partial charge in [-0.15, -0.1) is 0 Å². The van der Waals surface area contributed by atoms with Crippen molar-refractivity contribution < 1.29 is 0 Å². The van der Waals surface area contributed by atoms with Crippen molar-refractivity contribution in [2.75, 3.05) is 0 Å². The minimum Gasteiger partial charge on any atom is -0.306 e. The van der Waals surface area contributed by atoms with E-state index < -0.39 is 0 Å². The van der Waals surface area contributed by atoms with Crippen LogP contribution in [0.3, 0.4) is 0 Å². The van der Waals surface area contributed by atoms with Crippen LogP contribution >= 0.6 is 22.6 Å². The average molecular weight is 327 g/mol. The Balaban J connectivity index is 2.67. The molecule has 0 bridgehead atoms. The van der Waals surface area contributed by atoms with Crippen molar-refractivity contribution in [2.45, 2.75) is 13.8 Å². The van der Waals surface area contributed by atoms with Crippen LogP contribution in [0.1, 0.15) is 11.3 Å². The third-order valence-corrected chi connectivity index (χ3v) is 3.57. The Hall–Kier alpha value is -1.24. The van der Waals surface area contributed by atoms with E-state index in [4.69, 9.17) is 0 Å². The molecule has 0 fully saturated rings. The molecule has 2 aromatic heterocycles. The van der Waals surface area contributed by atoms with Crippen LogP contribution in [0.5, 0.6) is 0 Å². The van der Waals surface area contributed by atoms with Crippen molar-refractivity contribution in [1.82, 2.24) is 15.0 Å². The third kappa shape index (κ3) is 1.99. The second-order valence-electron chi connectivity index (χ2n) is 3.50. The number of aromatic amines is 1. The molecule has 0 saturated heterocycles. The molecule has 0 aliphatic heterocycles. The molecular weight excluding hydrogens is 317 g/mol. The Labute approximate surface area is 106 Å². The maximum atomic E-state index is 11.6. The van der Waals surface area contributed by atoms with Gasteiger partial charge in [-0.2, -0.15) is 0 Å². The predicted octanol–water partition coefficient (Wildman–Crippen LogP) is 2.05. The highest BCUT2D eigenvalue weighted by molar-refractivity contribution is 14.1. The van der Waals surface area contributed by atoms with Gasteiger partial charge in [-0.25, -0.2) is 4.98 Å². The van der Waals surface area contributed by atoms with Gasteiger partial charge in [0.25, 0.3) is 5.56 Å². The average Bonchev–Trinajstić information content (AvgIpc) is 2.26. The second-order valence-corrected chi connectivity index (χ2v) is 4.58. The summed E-state index contributed by atoms with van der Waals surface area (Å²) in [6.45, 7) is 3.77. The molecule has 2 heterocycles. The lowest BCUT2D eigenvalue weighted by Crippen LogP contribution is -2.14. The fourth-order valence-electron chi connectivity index (χ4n) is 1.44. The monoisotopic (exact) mass is 327 g/mol. The number of halogens is 1. The number of rotatable bonds is 1. The van der Waals surface area contributed by atoms with E-state index in [0.717, 1.165) is 16.8 Å². The number of nitrogens with zero attached hydrogens (tertiary/aromatic N) is 2. The van der Waals surface area contributed by atoms with Crippen LogP contribution in [-0.4, -0.2) is 15.0 Å². The SMILES string of the molecule is Cc1cnccc1-c1nc(C)c(I)c(=O)[nH]1. The Kier molecular flexibility index (Phi) is 3.04. The molecule has 0 aromatic carbocycles. The normalized spacial score (nSPS) is 10.4. The zero-order chi connectivity index (χ0) is 11.7. The van der Waals surface area contributed by atoms with E-state index in [0.29, 0.717) is 9.39 Å². The lowest BCUT2D eigenvalue weighted by atomic mass is 10.1. The van der Waals surface area contributed by atoms with Crippen LogP contribution in [-0.2, 0) is 0 Å². The summed E-state index contributed by atoms with van der Waals surface area (Å²) < 4.78 is 0.632. The molecule has 0 atom stereocenters. The highest BCUT2D eigenvalue weighted by Crippen LogP contribution is 2.17. The first-order valence-electron chi connectivity index (χ1n) is 4.77. The summed E-state index contributed by atoms with van der Waals surface area (Å²) in [4.78, 5) is 22.8. The van der Waals surface area contributed by atoms with Gasteiger partial charge < -0.3 is 4.98 Å². The van der Waals surface area contributed by atoms with Gasteiger partial charge in [-0.05, 0) is 48.1 Å². The second kappa shape index (κ2) is 4.32. The van der Waals surface area contributed by atoms with Crippen LogP contribution in [0.4, 0.5) is 0 Å². The van der Waals surface area contributed by atoms with Crippen molar-refractivity contribution in [2.24, 2.45) is 0 Å². The smallest absolute Gasteiger partial charge is 0.264 e. The first-order valence-corrected chi connectivity index (χ1v) is 5.85. The number of pyridine rings is 1. The van der Waals surface area contributed by atoms with Crippen molar-refractivity contribution in [3.63, 3.8) is 0 Å². The summed E-state index contributed by atoms with van der Waals surface area (Å²) in [6, 6.07) is 1.85. The van der Waals surface area contributed by atoms with E-state index in [2.05, 4.69) is 15.0 Å². The highest BCUT2D eigenvalue weighted by atomic mass is 127. The van der Waals surface area contributed by atoms with Crippen LogP contribution < -0.4 is 5.56 Å². The maximum Gasteiger partial charge on any atom is 0.264 e. The van der Waals surface area contributed by atoms with Gasteiger partial charge in [0.2, 0.25) is 0 Å². The first-order chi connectivity index (χ1) is 7.59. The summed E-state index contributed by atoms with van der Waals surface area (Å²) in [5.41, 5.74) is 2.55. The molecule has 0 aliphatic carbocycles. The van der Waals surface area contributed by atoms with Gasteiger partial charge in [0.05, 0.1) is 9.26 Å². The van der Waals surface area contributed by atoms with Crippen molar-refractivity contribution in [1.29, 1.82) is 0 Å². The summed E-state index contributed by atoms with van der Waals surface area (Å²) in [6.07, 6.45) is 3.44. The Morgan fingerprint density at radius 2 is 2.12 bits per heavy atom. The minimum absolute atomic E-state index is 0.0979. The maximum absolute atomic E-state index is 11.6. The Morgan fingerprint density at radius 3 is 2.75 bits per heavy atom. The minimum atomic E-state index is -0.0979. The standard InChI is InChI=1S/C11H10IN3O/c1-6-5-13-4-3-8(6)10-14-7(2)9(12)11(16)15-10/h3-5H,1-2H3,(H,14,15,16). The lowest BCUT2D eigenvalue weighted by Gasteiger charge is -2.05. The Bertz CT molecular complexity index is 592. The van der Waals surface area contributed by atoms with Crippen molar-refractivity contribution >= 4 is 22.6 Å². The van der Waals surface area contributed by atoms with E-state index >= 15 is 0 Å². The summed E-state index contributed by atoms with van der Waals surface area (Å²) in [5.74, 6) is 0.600. The summed E-state index contributed by atoms with van der Waals surface area (Å²) >= 11 is 2.00. The van der Waals surface area contributed by atoms with Crippen molar-refractivity contribution in [3.8, 4) is 11.4 Å². The molecule has 0 unspecified atom stereocenters. The fourth-order valence-corrected chi connectivity index (χ4v) is 1.69. The van der Waals surface area contributed by atoms with Crippen LogP contribution in [0, 0.1) is 17.4 Å². The summed E-state index contributed by atoms with van der Waals surface area (Å²) in [5, 5.41) is 0. The molecule has 1 N–H and O–H groups in total. The van der Waals surface area contributed by atoms with Gasteiger partial charge >= 0.3 is 0 Å². The summed E-state index contributed by atoms with van der Waals surface area (Å²) in [7, 11) is 0. The van der Waals surface area contributed by atoms with Gasteiger partial charge in [0.1, 0.15) is 5.82 Å². The zero-order valence-corrected chi connectivity index (χ0v) is 11.1. The number of aryl methyl sites for hydroxylation is 2. The Morgan fingerprint density at radius 1 is 1.38 bits per heavy atom. The predicted molar refractivity (Wildman–Crippen MR) is 70.3 cm³/mol. The quantitative estimate of drug-likeness (QED) is 0.816. The fraction of sp³-hybridized carbons (Fsp3) is 0.182. The number of hydrogen-bond donors (Lipinski definition) is 1. The molecule has 0 saturated carbocycles. The van der Waals surface area contributed by atoms with E-state index in [1.807, 2.05) is 42.5 Å². The van der Waals surface area contributed by atoms with Gasteiger partial charge in [0.15, 0.2) is 0 Å². The molecule has 0 spiro atoms. The molecule has 5 heteroatoms. The van der Waals surface area contributed by atoms with Crippen LogP contribution in [0.25, 0.3) is 11.4 Å². The highest BCUT2D eigenvalue weighted by Gasteiger charge is 2.08. The molecule has 2 rings (SSSR count). The molecule has 0 aliphatic rings. The molecule has 0 radical (unpaired) electrons. The zero-order valence-electron chi connectivity index (χ0n) is 8.91. The number of H-pyrrole nitrogens is 1. The van der Waals surface area contributed by atoms with Gasteiger partial charge in [0, 0.05) is 18.0 Å². The van der Waals surface area contributed by atoms with Crippen molar-refractivity contribution in [3.05, 3.63) is 43.6 Å². The van der Waals surface area contributed by atoms with E-state index in [-0.39, 0.29) is 5.56 Å². The molecule has 2 aromatic rings. The van der Waals surface area contributed by atoms with Gasteiger partial charge in [-0.1, -0.05) is 0 Å². The first kappa shape index (κ1) is 11.3. The third-order valence-electron chi connectivity index (χ3n) is 2.30. The van der Waals surface area contributed by atoms with Crippen LogP contribution in [0.15, 0.2) is 23.3 Å². The molecule has 4 nitrogen and oxygen atoms in total. The molecule has 82 valence electrons. The van der Waals surface area contributed by atoms with E-state index in [1.165, 1.54) is 0 Å². The van der Waals surface area contributed by atoms with E-state index in [9.17, 15) is 4.79 Å². The molecule has 0 amide bonds. The number of hydrogen-bond acceptors (Lipinski definition) is 3. The number of nitrogens with one attached hydrogen (secondary N) is 1. The van der Waals surface area contributed by atoms with Gasteiger partial charge in [-0.3, -0.25) is 9.78 Å². The number of aromatic nitrogens is 3. The largest absolute Gasteiger partial charge is 0.306 e.